The minimum atomic E-state index is -0.166. The summed E-state index contributed by atoms with van der Waals surface area (Å²) in [4.78, 5) is 0. The number of methoxy groups -OCH3 is 2. The second kappa shape index (κ2) is 5.64. The SMILES string of the molecule is COc1ccc(NC2CCc3cc(F)ccc32)cc1OC. The van der Waals surface area contributed by atoms with Gasteiger partial charge in [-0.3, -0.25) is 0 Å². The van der Waals surface area contributed by atoms with Crippen LogP contribution in [0.3, 0.4) is 0 Å². The number of aryl methyl sites for hydroxylation is 1. The molecule has 2 aromatic carbocycles. The van der Waals surface area contributed by atoms with Crippen LogP contribution in [0, 0.1) is 5.82 Å². The van der Waals surface area contributed by atoms with Gasteiger partial charge < -0.3 is 14.8 Å². The monoisotopic (exact) mass is 287 g/mol. The number of hydrogen-bond acceptors (Lipinski definition) is 3. The molecule has 2 aromatic rings. The highest BCUT2D eigenvalue weighted by Crippen LogP contribution is 2.36. The summed E-state index contributed by atoms with van der Waals surface area (Å²) in [6.45, 7) is 0. The van der Waals surface area contributed by atoms with Crippen LogP contribution in [0.2, 0.25) is 0 Å². The summed E-state index contributed by atoms with van der Waals surface area (Å²) in [6.07, 6.45) is 1.87. The summed E-state index contributed by atoms with van der Waals surface area (Å²) in [5, 5.41) is 3.48. The molecule has 0 radical (unpaired) electrons. The molecule has 1 N–H and O–H groups in total. The summed E-state index contributed by atoms with van der Waals surface area (Å²) in [5.74, 6) is 1.23. The molecule has 0 spiro atoms. The third-order valence-electron chi connectivity index (χ3n) is 3.91. The van der Waals surface area contributed by atoms with Gasteiger partial charge in [0.1, 0.15) is 5.82 Å². The van der Waals surface area contributed by atoms with Crippen LogP contribution in [0.1, 0.15) is 23.6 Å². The predicted molar refractivity (Wildman–Crippen MR) is 80.6 cm³/mol. The van der Waals surface area contributed by atoms with Crippen LogP contribution in [-0.2, 0) is 6.42 Å². The largest absolute Gasteiger partial charge is 0.493 e. The van der Waals surface area contributed by atoms with E-state index in [0.717, 1.165) is 24.1 Å². The maximum absolute atomic E-state index is 13.2. The normalized spacial score (nSPS) is 16.4. The molecule has 1 aliphatic rings. The lowest BCUT2D eigenvalue weighted by Crippen LogP contribution is -2.07. The number of halogens is 1. The zero-order valence-electron chi connectivity index (χ0n) is 12.2. The number of rotatable bonds is 4. The van der Waals surface area contributed by atoms with Crippen molar-refractivity contribution in [3.8, 4) is 11.5 Å². The molecule has 1 unspecified atom stereocenters. The fourth-order valence-electron chi connectivity index (χ4n) is 2.86. The quantitative estimate of drug-likeness (QED) is 0.924. The van der Waals surface area contributed by atoms with Gasteiger partial charge >= 0.3 is 0 Å². The van der Waals surface area contributed by atoms with Gasteiger partial charge in [-0.05, 0) is 48.2 Å². The van der Waals surface area contributed by atoms with Crippen LogP contribution in [0.4, 0.5) is 10.1 Å². The van der Waals surface area contributed by atoms with Gasteiger partial charge in [-0.15, -0.1) is 0 Å². The van der Waals surface area contributed by atoms with Crippen molar-refractivity contribution in [3.63, 3.8) is 0 Å². The highest BCUT2D eigenvalue weighted by Gasteiger charge is 2.22. The molecule has 0 heterocycles. The van der Waals surface area contributed by atoms with Crippen LogP contribution in [0.25, 0.3) is 0 Å². The molecule has 0 aromatic heterocycles. The van der Waals surface area contributed by atoms with Crippen LogP contribution < -0.4 is 14.8 Å². The number of hydrogen-bond donors (Lipinski definition) is 1. The zero-order valence-corrected chi connectivity index (χ0v) is 12.2. The first-order valence-electron chi connectivity index (χ1n) is 6.98. The Bertz CT molecular complexity index is 657. The third kappa shape index (κ3) is 2.66. The first kappa shape index (κ1) is 13.7. The average Bonchev–Trinajstić information content (AvgIpc) is 2.89. The van der Waals surface area contributed by atoms with Gasteiger partial charge in [0.05, 0.1) is 20.3 Å². The smallest absolute Gasteiger partial charge is 0.162 e. The summed E-state index contributed by atoms with van der Waals surface area (Å²) >= 11 is 0. The minimum Gasteiger partial charge on any atom is -0.493 e. The van der Waals surface area contributed by atoms with E-state index in [1.54, 1.807) is 20.3 Å². The van der Waals surface area contributed by atoms with E-state index in [0.29, 0.717) is 11.5 Å². The van der Waals surface area contributed by atoms with E-state index >= 15 is 0 Å². The van der Waals surface area contributed by atoms with Gasteiger partial charge in [-0.1, -0.05) is 6.07 Å². The van der Waals surface area contributed by atoms with E-state index in [1.807, 2.05) is 24.3 Å². The van der Waals surface area contributed by atoms with Crippen LogP contribution in [0.15, 0.2) is 36.4 Å². The first-order valence-corrected chi connectivity index (χ1v) is 6.98. The second-order valence-corrected chi connectivity index (χ2v) is 5.15. The molecule has 110 valence electrons. The van der Waals surface area contributed by atoms with Crippen LogP contribution >= 0.6 is 0 Å². The summed E-state index contributed by atoms with van der Waals surface area (Å²) in [5.41, 5.74) is 3.23. The van der Waals surface area contributed by atoms with E-state index in [2.05, 4.69) is 5.32 Å². The second-order valence-electron chi connectivity index (χ2n) is 5.15. The highest BCUT2D eigenvalue weighted by molar-refractivity contribution is 5.56. The number of nitrogens with one attached hydrogen (secondary N) is 1. The molecule has 0 saturated carbocycles. The Hall–Kier alpha value is -2.23. The molecule has 0 fully saturated rings. The van der Waals surface area contributed by atoms with Gasteiger partial charge in [-0.2, -0.15) is 0 Å². The van der Waals surface area contributed by atoms with Crippen molar-refractivity contribution in [2.45, 2.75) is 18.9 Å². The fourth-order valence-corrected chi connectivity index (χ4v) is 2.86. The van der Waals surface area contributed by atoms with Gasteiger partial charge in [0.2, 0.25) is 0 Å². The number of ether oxygens (including phenoxy) is 2. The van der Waals surface area contributed by atoms with Crippen molar-refractivity contribution < 1.29 is 13.9 Å². The molecule has 1 aliphatic carbocycles. The average molecular weight is 287 g/mol. The Morgan fingerprint density at radius 3 is 2.62 bits per heavy atom. The molecule has 0 bridgehead atoms. The van der Waals surface area contributed by atoms with Gasteiger partial charge in [0, 0.05) is 11.8 Å². The lowest BCUT2D eigenvalue weighted by Gasteiger charge is -2.17. The molecule has 4 heteroatoms. The van der Waals surface area contributed by atoms with Gasteiger partial charge in [0.15, 0.2) is 11.5 Å². The van der Waals surface area contributed by atoms with E-state index < -0.39 is 0 Å². The van der Waals surface area contributed by atoms with E-state index in [4.69, 9.17) is 9.47 Å². The minimum absolute atomic E-state index is 0.166. The van der Waals surface area contributed by atoms with Crippen molar-refractivity contribution >= 4 is 5.69 Å². The van der Waals surface area contributed by atoms with Crippen molar-refractivity contribution in [1.29, 1.82) is 0 Å². The van der Waals surface area contributed by atoms with Crippen LogP contribution in [-0.4, -0.2) is 14.2 Å². The maximum atomic E-state index is 13.2. The number of anilines is 1. The Morgan fingerprint density at radius 2 is 1.86 bits per heavy atom. The Kier molecular flexibility index (Phi) is 3.69. The topological polar surface area (TPSA) is 30.5 Å². The standard InChI is InChI=1S/C17H18FNO2/c1-20-16-8-5-13(10-17(16)21-2)19-15-7-3-11-9-12(18)4-6-14(11)15/h4-6,8-10,15,19H,3,7H2,1-2H3. The predicted octanol–water partition coefficient (Wildman–Crippen LogP) is 3.94. The molecular formula is C17H18FNO2. The third-order valence-corrected chi connectivity index (χ3v) is 3.91. The summed E-state index contributed by atoms with van der Waals surface area (Å²) in [6, 6.07) is 11.0. The van der Waals surface area contributed by atoms with Crippen molar-refractivity contribution in [2.24, 2.45) is 0 Å². The van der Waals surface area contributed by atoms with E-state index in [-0.39, 0.29) is 11.9 Å². The lowest BCUT2D eigenvalue weighted by molar-refractivity contribution is 0.355. The molecule has 0 aliphatic heterocycles. The first-order chi connectivity index (χ1) is 10.2. The number of benzene rings is 2. The Morgan fingerprint density at radius 1 is 1.05 bits per heavy atom. The van der Waals surface area contributed by atoms with Crippen molar-refractivity contribution in [3.05, 3.63) is 53.3 Å². The lowest BCUT2D eigenvalue weighted by atomic mass is 10.1. The molecule has 21 heavy (non-hydrogen) atoms. The molecule has 1 atom stereocenters. The maximum Gasteiger partial charge on any atom is 0.162 e. The molecule has 3 nitrogen and oxygen atoms in total. The van der Waals surface area contributed by atoms with Crippen molar-refractivity contribution in [2.75, 3.05) is 19.5 Å². The van der Waals surface area contributed by atoms with E-state index in [9.17, 15) is 4.39 Å². The van der Waals surface area contributed by atoms with E-state index in [1.165, 1.54) is 11.6 Å². The fraction of sp³-hybridized carbons (Fsp3) is 0.294. The van der Waals surface area contributed by atoms with Crippen LogP contribution in [0.5, 0.6) is 11.5 Å². The zero-order chi connectivity index (χ0) is 14.8. The Labute approximate surface area is 123 Å². The Balaban J connectivity index is 1.83. The highest BCUT2D eigenvalue weighted by atomic mass is 19.1. The van der Waals surface area contributed by atoms with Gasteiger partial charge in [0.25, 0.3) is 0 Å². The molecule has 0 amide bonds. The van der Waals surface area contributed by atoms with Crippen molar-refractivity contribution in [1.82, 2.24) is 0 Å². The summed E-state index contributed by atoms with van der Waals surface area (Å²) < 4.78 is 23.8. The van der Waals surface area contributed by atoms with Gasteiger partial charge in [-0.25, -0.2) is 4.39 Å². The number of fused-ring (bicyclic) bond motifs is 1. The molecule has 0 saturated heterocycles. The molecule has 3 rings (SSSR count). The summed E-state index contributed by atoms with van der Waals surface area (Å²) in [7, 11) is 3.24. The molecular weight excluding hydrogens is 269 g/mol.